The second-order valence-corrected chi connectivity index (χ2v) is 9.19. The average molecular weight is 520 g/mol. The number of amides is 2. The molecule has 37 heavy (non-hydrogen) atoms. The van der Waals surface area contributed by atoms with E-state index >= 15 is 0 Å². The summed E-state index contributed by atoms with van der Waals surface area (Å²) >= 11 is 6.29. The van der Waals surface area contributed by atoms with Crippen molar-refractivity contribution in [1.82, 2.24) is 24.6 Å². The van der Waals surface area contributed by atoms with Crippen molar-refractivity contribution in [3.05, 3.63) is 77.3 Å². The van der Waals surface area contributed by atoms with Gasteiger partial charge in [-0.3, -0.25) is 14.6 Å². The molecule has 0 aliphatic carbocycles. The molecule has 1 fully saturated rings. The first-order valence-electron chi connectivity index (χ1n) is 12.0. The normalized spacial score (nSPS) is 15.4. The van der Waals surface area contributed by atoms with Gasteiger partial charge in [-0.1, -0.05) is 41.9 Å². The van der Waals surface area contributed by atoms with E-state index in [-0.39, 0.29) is 30.8 Å². The van der Waals surface area contributed by atoms with Crippen LogP contribution in [-0.4, -0.2) is 43.1 Å². The molecule has 1 aromatic carbocycles. The van der Waals surface area contributed by atoms with E-state index in [1.165, 1.54) is 11.1 Å². The van der Waals surface area contributed by atoms with Gasteiger partial charge >= 0.3 is 11.8 Å². The zero-order valence-electron chi connectivity index (χ0n) is 20.0. The summed E-state index contributed by atoms with van der Waals surface area (Å²) in [6.07, 6.45) is 7.41. The fourth-order valence-electron chi connectivity index (χ4n) is 4.25. The molecule has 190 valence electrons. The summed E-state index contributed by atoms with van der Waals surface area (Å²) in [6.45, 7) is 0.914. The molecule has 10 nitrogen and oxygen atoms in total. The van der Waals surface area contributed by atoms with Gasteiger partial charge < -0.3 is 20.7 Å². The molecule has 3 N–H and O–H groups in total. The zero-order valence-corrected chi connectivity index (χ0v) is 20.8. The summed E-state index contributed by atoms with van der Waals surface area (Å²) in [7, 11) is 0. The van der Waals surface area contributed by atoms with Gasteiger partial charge in [0, 0.05) is 25.5 Å². The fraction of sp³-hybridized carbons (Fsp3) is 0.269. The van der Waals surface area contributed by atoms with Gasteiger partial charge in [0.25, 0.3) is 0 Å². The van der Waals surface area contributed by atoms with Crippen LogP contribution < -0.4 is 11.1 Å². The van der Waals surface area contributed by atoms with E-state index in [0.29, 0.717) is 28.2 Å². The zero-order chi connectivity index (χ0) is 25.8. The Balaban J connectivity index is 1.40. The summed E-state index contributed by atoms with van der Waals surface area (Å²) in [5.74, 6) is -1.30. The molecule has 4 aromatic rings. The molecule has 1 unspecified atom stereocenters. The molecule has 0 radical (unpaired) electrons. The number of benzene rings is 1. The molecule has 0 saturated carbocycles. The number of carbonyl (C=O) groups is 2. The number of rotatable bonds is 6. The van der Waals surface area contributed by atoms with Gasteiger partial charge in [0.2, 0.25) is 0 Å². The van der Waals surface area contributed by atoms with Crippen LogP contribution >= 0.6 is 11.6 Å². The van der Waals surface area contributed by atoms with E-state index < -0.39 is 11.8 Å². The van der Waals surface area contributed by atoms with E-state index in [4.69, 9.17) is 22.1 Å². The number of anilines is 2. The lowest BCUT2D eigenvalue weighted by Crippen LogP contribution is -2.39. The van der Waals surface area contributed by atoms with Gasteiger partial charge in [0.1, 0.15) is 17.6 Å². The highest BCUT2D eigenvalue weighted by atomic mass is 35.5. The molecule has 5 rings (SSSR count). The quantitative estimate of drug-likeness (QED) is 0.369. The average Bonchev–Trinajstić information content (AvgIpc) is 3.39. The monoisotopic (exact) mass is 519 g/mol. The molecular formula is C26H26ClN7O3. The van der Waals surface area contributed by atoms with Gasteiger partial charge in [-0.05, 0) is 37.0 Å². The second-order valence-electron chi connectivity index (χ2n) is 8.78. The van der Waals surface area contributed by atoms with Crippen molar-refractivity contribution in [2.75, 3.05) is 17.7 Å². The van der Waals surface area contributed by atoms with Crippen LogP contribution in [0.15, 0.2) is 61.1 Å². The number of hydrogen-bond donors (Lipinski definition) is 2. The summed E-state index contributed by atoms with van der Waals surface area (Å²) in [5.41, 5.74) is 8.15. The Labute approximate surface area is 218 Å². The molecule has 1 atom stereocenters. The molecule has 1 saturated heterocycles. The van der Waals surface area contributed by atoms with Crippen LogP contribution in [0.4, 0.5) is 11.5 Å². The standard InChI is InChI=1S/C26H26ClN7O3/c27-19-9-6-11-29-21(19)16-33(14-17-7-2-1-3-8-17)26(36)25(35)31-20-13-30-24(28)18-15-34(32-23(18)20)22-10-4-5-12-37-22/h1-3,6-9,11,13,15,22H,4-5,10,12,14,16H2,(H2,28,30)(H,31,35). The highest BCUT2D eigenvalue weighted by Crippen LogP contribution is 2.29. The van der Waals surface area contributed by atoms with Crippen LogP contribution in [0.2, 0.25) is 5.02 Å². The van der Waals surface area contributed by atoms with Crippen molar-refractivity contribution in [3.8, 4) is 0 Å². The van der Waals surface area contributed by atoms with E-state index in [1.54, 1.807) is 29.2 Å². The Hall–Kier alpha value is -4.02. The molecule has 0 spiro atoms. The number of nitrogens with two attached hydrogens (primary N) is 1. The Morgan fingerprint density at radius 2 is 1.97 bits per heavy atom. The Bertz CT molecular complexity index is 1420. The first kappa shape index (κ1) is 24.7. The van der Waals surface area contributed by atoms with E-state index in [0.717, 1.165) is 24.8 Å². The van der Waals surface area contributed by atoms with Crippen LogP contribution in [-0.2, 0) is 27.4 Å². The predicted octanol–water partition coefficient (Wildman–Crippen LogP) is 3.93. The van der Waals surface area contributed by atoms with Crippen molar-refractivity contribution in [1.29, 1.82) is 0 Å². The highest BCUT2D eigenvalue weighted by Gasteiger charge is 2.26. The summed E-state index contributed by atoms with van der Waals surface area (Å²) < 4.78 is 7.52. The Kier molecular flexibility index (Phi) is 7.29. The molecule has 1 aliphatic heterocycles. The number of pyridine rings is 2. The van der Waals surface area contributed by atoms with Crippen molar-refractivity contribution in [3.63, 3.8) is 0 Å². The number of carbonyl (C=O) groups excluding carboxylic acids is 2. The van der Waals surface area contributed by atoms with Gasteiger partial charge in [0.15, 0.2) is 0 Å². The van der Waals surface area contributed by atoms with E-state index in [9.17, 15) is 9.59 Å². The number of aromatic nitrogens is 4. The lowest BCUT2D eigenvalue weighted by atomic mass is 10.2. The van der Waals surface area contributed by atoms with Gasteiger partial charge in [-0.2, -0.15) is 5.10 Å². The SMILES string of the molecule is Nc1ncc(NC(=O)C(=O)N(Cc2ccccc2)Cc2ncccc2Cl)c2nn(C3CCCCO3)cc12. The largest absolute Gasteiger partial charge is 0.383 e. The Morgan fingerprint density at radius 3 is 2.73 bits per heavy atom. The minimum absolute atomic E-state index is 0.0594. The summed E-state index contributed by atoms with van der Waals surface area (Å²) in [4.78, 5) is 36.4. The number of nitrogens with zero attached hydrogens (tertiary/aromatic N) is 5. The molecule has 1 aliphatic rings. The minimum Gasteiger partial charge on any atom is -0.383 e. The molecule has 3 aromatic heterocycles. The third kappa shape index (κ3) is 5.55. The maximum absolute atomic E-state index is 13.4. The first-order valence-corrected chi connectivity index (χ1v) is 12.4. The van der Waals surface area contributed by atoms with Crippen LogP contribution in [0.25, 0.3) is 10.9 Å². The van der Waals surface area contributed by atoms with Gasteiger partial charge in [-0.25, -0.2) is 9.67 Å². The third-order valence-electron chi connectivity index (χ3n) is 6.17. The van der Waals surface area contributed by atoms with Gasteiger partial charge in [0.05, 0.1) is 34.5 Å². The van der Waals surface area contributed by atoms with Crippen LogP contribution in [0.3, 0.4) is 0 Å². The van der Waals surface area contributed by atoms with Crippen LogP contribution in [0, 0.1) is 0 Å². The maximum atomic E-state index is 13.4. The lowest BCUT2D eigenvalue weighted by Gasteiger charge is -2.22. The fourth-order valence-corrected chi connectivity index (χ4v) is 4.43. The predicted molar refractivity (Wildman–Crippen MR) is 139 cm³/mol. The number of halogens is 1. The summed E-state index contributed by atoms with van der Waals surface area (Å²) in [5, 5.41) is 8.26. The van der Waals surface area contributed by atoms with E-state index in [1.807, 2.05) is 30.3 Å². The number of hydrogen-bond acceptors (Lipinski definition) is 7. The van der Waals surface area contributed by atoms with Crippen molar-refractivity contribution in [2.45, 2.75) is 38.6 Å². The highest BCUT2D eigenvalue weighted by molar-refractivity contribution is 6.40. The molecule has 11 heteroatoms. The lowest BCUT2D eigenvalue weighted by molar-refractivity contribution is -0.144. The molecule has 4 heterocycles. The second kappa shape index (κ2) is 10.9. The first-order chi connectivity index (χ1) is 18.0. The number of fused-ring (bicyclic) bond motifs is 1. The molecule has 0 bridgehead atoms. The van der Waals surface area contributed by atoms with Crippen molar-refractivity contribution in [2.24, 2.45) is 0 Å². The number of nitrogen functional groups attached to an aromatic ring is 1. The molecule has 2 amide bonds. The third-order valence-corrected chi connectivity index (χ3v) is 6.51. The van der Waals surface area contributed by atoms with Crippen molar-refractivity contribution >= 4 is 45.8 Å². The Morgan fingerprint density at radius 1 is 1.14 bits per heavy atom. The molecular weight excluding hydrogens is 494 g/mol. The summed E-state index contributed by atoms with van der Waals surface area (Å²) in [6, 6.07) is 12.8. The van der Waals surface area contributed by atoms with Crippen LogP contribution in [0.5, 0.6) is 0 Å². The maximum Gasteiger partial charge on any atom is 0.314 e. The minimum atomic E-state index is -0.834. The number of ether oxygens (including phenoxy) is 1. The van der Waals surface area contributed by atoms with Gasteiger partial charge in [-0.15, -0.1) is 0 Å². The van der Waals surface area contributed by atoms with Crippen molar-refractivity contribution < 1.29 is 14.3 Å². The van der Waals surface area contributed by atoms with Crippen LogP contribution in [0.1, 0.15) is 36.7 Å². The topological polar surface area (TPSA) is 128 Å². The number of nitrogens with one attached hydrogen (secondary N) is 1. The smallest absolute Gasteiger partial charge is 0.314 e. The van der Waals surface area contributed by atoms with E-state index in [2.05, 4.69) is 20.4 Å².